The molecule has 0 aliphatic heterocycles. The first-order chi connectivity index (χ1) is 8.69. The van der Waals surface area contributed by atoms with Gasteiger partial charge in [0.15, 0.2) is 0 Å². The maximum atomic E-state index is 8.92. The van der Waals surface area contributed by atoms with E-state index in [1.165, 1.54) is 31.2 Å². The van der Waals surface area contributed by atoms with Gasteiger partial charge in [-0.25, -0.2) is 0 Å². The number of hydrogen-bond acceptors (Lipinski definition) is 2. The number of nitrogens with zero attached hydrogens (tertiary/aromatic N) is 1. The zero-order chi connectivity index (χ0) is 13.0. The minimum atomic E-state index is 0.736. The van der Waals surface area contributed by atoms with Gasteiger partial charge in [0.25, 0.3) is 0 Å². The molecule has 0 saturated heterocycles. The monoisotopic (exact) mass is 242 g/mol. The molecule has 0 unspecified atom stereocenters. The fraction of sp³-hybridized carbons (Fsp3) is 0.562. The first-order valence-corrected chi connectivity index (χ1v) is 6.93. The molecule has 0 amide bonds. The van der Waals surface area contributed by atoms with Crippen LogP contribution in [0.5, 0.6) is 0 Å². The van der Waals surface area contributed by atoms with Crippen molar-refractivity contribution in [1.29, 1.82) is 5.26 Å². The molecule has 1 aliphatic carbocycles. The Kier molecular flexibility index (Phi) is 4.25. The zero-order valence-electron chi connectivity index (χ0n) is 11.4. The van der Waals surface area contributed by atoms with E-state index in [1.54, 1.807) is 0 Å². The van der Waals surface area contributed by atoms with E-state index in [1.807, 2.05) is 18.2 Å². The average Bonchev–Trinajstić information content (AvgIpc) is 2.40. The van der Waals surface area contributed by atoms with Crippen LogP contribution < -0.4 is 5.32 Å². The van der Waals surface area contributed by atoms with Gasteiger partial charge in [-0.05, 0) is 49.3 Å². The number of hydrogen-bond donors (Lipinski definition) is 1. The van der Waals surface area contributed by atoms with Crippen molar-refractivity contribution in [1.82, 2.24) is 0 Å². The Hall–Kier alpha value is -1.49. The number of aryl methyl sites for hydroxylation is 1. The maximum Gasteiger partial charge on any atom is 0.0992 e. The van der Waals surface area contributed by atoms with Gasteiger partial charge in [0, 0.05) is 12.2 Å². The Labute approximate surface area is 110 Å². The molecule has 2 heteroatoms. The first kappa shape index (κ1) is 13.0. The lowest BCUT2D eigenvalue weighted by atomic mass is 9.83. The van der Waals surface area contributed by atoms with Gasteiger partial charge < -0.3 is 5.32 Å². The highest BCUT2D eigenvalue weighted by atomic mass is 14.9. The minimum absolute atomic E-state index is 0.736. The van der Waals surface area contributed by atoms with Crippen molar-refractivity contribution in [3.8, 4) is 6.07 Å². The highest BCUT2D eigenvalue weighted by Crippen LogP contribution is 2.28. The van der Waals surface area contributed by atoms with E-state index in [9.17, 15) is 0 Å². The highest BCUT2D eigenvalue weighted by Gasteiger charge is 2.17. The molecule has 1 saturated carbocycles. The molecule has 96 valence electrons. The van der Waals surface area contributed by atoms with Crippen molar-refractivity contribution in [2.24, 2.45) is 11.8 Å². The third kappa shape index (κ3) is 3.26. The summed E-state index contributed by atoms with van der Waals surface area (Å²) in [6.07, 6.45) is 5.41. The molecule has 0 spiro atoms. The van der Waals surface area contributed by atoms with Crippen LogP contribution in [0.2, 0.25) is 0 Å². The molecule has 1 aromatic carbocycles. The fourth-order valence-corrected chi connectivity index (χ4v) is 2.67. The minimum Gasteiger partial charge on any atom is -0.385 e. The summed E-state index contributed by atoms with van der Waals surface area (Å²) in [5, 5.41) is 12.4. The van der Waals surface area contributed by atoms with Gasteiger partial charge in [-0.2, -0.15) is 5.26 Å². The predicted molar refractivity (Wildman–Crippen MR) is 75.5 cm³/mol. The van der Waals surface area contributed by atoms with Gasteiger partial charge in [-0.15, -0.1) is 0 Å². The van der Waals surface area contributed by atoms with Crippen molar-refractivity contribution >= 4 is 5.69 Å². The lowest BCUT2D eigenvalue weighted by Gasteiger charge is -2.26. The molecular formula is C16H22N2. The van der Waals surface area contributed by atoms with E-state index in [-0.39, 0.29) is 0 Å². The lowest BCUT2D eigenvalue weighted by Crippen LogP contribution is -2.20. The van der Waals surface area contributed by atoms with Gasteiger partial charge in [0.2, 0.25) is 0 Å². The van der Waals surface area contributed by atoms with Crippen LogP contribution in [0, 0.1) is 30.1 Å². The Balaban J connectivity index is 1.92. The van der Waals surface area contributed by atoms with Crippen molar-refractivity contribution < 1.29 is 0 Å². The van der Waals surface area contributed by atoms with Crippen LogP contribution in [0.25, 0.3) is 0 Å². The topological polar surface area (TPSA) is 35.8 Å². The summed E-state index contributed by atoms with van der Waals surface area (Å²) in [5.74, 6) is 1.70. The van der Waals surface area contributed by atoms with E-state index >= 15 is 0 Å². The predicted octanol–water partition coefficient (Wildman–Crippen LogP) is 4.10. The van der Waals surface area contributed by atoms with E-state index in [4.69, 9.17) is 5.26 Å². The van der Waals surface area contributed by atoms with E-state index in [2.05, 4.69) is 25.2 Å². The number of nitrogens with one attached hydrogen (secondary N) is 1. The second-order valence-corrected chi connectivity index (χ2v) is 5.65. The van der Waals surface area contributed by atoms with Gasteiger partial charge in [0.1, 0.15) is 0 Å². The third-order valence-electron chi connectivity index (χ3n) is 4.08. The van der Waals surface area contributed by atoms with Gasteiger partial charge in [-0.1, -0.05) is 25.8 Å². The zero-order valence-corrected chi connectivity index (χ0v) is 11.4. The summed E-state index contributed by atoms with van der Waals surface area (Å²) in [5.41, 5.74) is 3.08. The maximum absolute atomic E-state index is 8.92. The Bertz CT molecular complexity index is 437. The molecule has 18 heavy (non-hydrogen) atoms. The number of nitriles is 1. The summed E-state index contributed by atoms with van der Waals surface area (Å²) < 4.78 is 0. The molecule has 1 aromatic rings. The van der Waals surface area contributed by atoms with E-state index < -0.39 is 0 Å². The summed E-state index contributed by atoms with van der Waals surface area (Å²) in [7, 11) is 0. The number of rotatable bonds is 3. The van der Waals surface area contributed by atoms with Crippen LogP contribution in [0.4, 0.5) is 5.69 Å². The van der Waals surface area contributed by atoms with Crippen molar-refractivity contribution in [3.05, 3.63) is 29.3 Å². The van der Waals surface area contributed by atoms with Crippen LogP contribution in [0.1, 0.15) is 43.7 Å². The van der Waals surface area contributed by atoms with Crippen molar-refractivity contribution in [2.45, 2.75) is 39.5 Å². The van der Waals surface area contributed by atoms with Crippen LogP contribution in [-0.4, -0.2) is 6.54 Å². The smallest absolute Gasteiger partial charge is 0.0992 e. The lowest BCUT2D eigenvalue weighted by molar-refractivity contribution is 0.300. The van der Waals surface area contributed by atoms with Crippen molar-refractivity contribution in [2.75, 3.05) is 11.9 Å². The quantitative estimate of drug-likeness (QED) is 0.866. The number of benzene rings is 1. The standard InChI is InChI=1S/C16H22N2/c1-12-3-6-14(7-4-12)11-18-16-9-15(10-17)8-5-13(16)2/h5,8-9,12,14,18H,3-4,6-7,11H2,1-2H3. The highest BCUT2D eigenvalue weighted by molar-refractivity contribution is 5.55. The second-order valence-electron chi connectivity index (χ2n) is 5.65. The Morgan fingerprint density at radius 1 is 1.28 bits per heavy atom. The summed E-state index contributed by atoms with van der Waals surface area (Å²) in [4.78, 5) is 0. The van der Waals surface area contributed by atoms with Crippen LogP contribution in [0.15, 0.2) is 18.2 Å². The molecule has 0 radical (unpaired) electrons. The normalized spacial score (nSPS) is 23.4. The summed E-state index contributed by atoms with van der Waals surface area (Å²) in [6, 6.07) is 8.05. The van der Waals surface area contributed by atoms with Gasteiger partial charge >= 0.3 is 0 Å². The summed E-state index contributed by atoms with van der Waals surface area (Å²) in [6.45, 7) is 5.49. The Morgan fingerprint density at radius 2 is 2.00 bits per heavy atom. The molecule has 0 atom stereocenters. The molecule has 2 rings (SSSR count). The van der Waals surface area contributed by atoms with E-state index in [0.717, 1.165) is 29.6 Å². The second kappa shape index (κ2) is 5.91. The molecule has 1 aliphatic rings. The van der Waals surface area contributed by atoms with Crippen LogP contribution in [-0.2, 0) is 0 Å². The Morgan fingerprint density at radius 3 is 2.67 bits per heavy atom. The largest absolute Gasteiger partial charge is 0.385 e. The molecule has 1 fully saturated rings. The molecule has 1 N–H and O–H groups in total. The SMILES string of the molecule is Cc1ccc(C#N)cc1NCC1CCC(C)CC1. The molecule has 2 nitrogen and oxygen atoms in total. The van der Waals surface area contributed by atoms with Crippen LogP contribution >= 0.6 is 0 Å². The molecular weight excluding hydrogens is 220 g/mol. The van der Waals surface area contributed by atoms with Crippen LogP contribution in [0.3, 0.4) is 0 Å². The van der Waals surface area contributed by atoms with Crippen molar-refractivity contribution in [3.63, 3.8) is 0 Å². The van der Waals surface area contributed by atoms with Gasteiger partial charge in [-0.3, -0.25) is 0 Å². The van der Waals surface area contributed by atoms with E-state index in [0.29, 0.717) is 0 Å². The fourth-order valence-electron chi connectivity index (χ4n) is 2.67. The average molecular weight is 242 g/mol. The summed E-state index contributed by atoms with van der Waals surface area (Å²) >= 11 is 0. The molecule has 0 heterocycles. The first-order valence-electron chi connectivity index (χ1n) is 6.93. The number of anilines is 1. The molecule has 0 aromatic heterocycles. The third-order valence-corrected chi connectivity index (χ3v) is 4.08. The van der Waals surface area contributed by atoms with Gasteiger partial charge in [0.05, 0.1) is 11.6 Å². The molecule has 0 bridgehead atoms.